The van der Waals surface area contributed by atoms with Crippen LogP contribution in [0.3, 0.4) is 0 Å². The molecule has 0 radical (unpaired) electrons. The second-order valence-corrected chi connectivity index (χ2v) is 5.51. The Kier molecular flexibility index (Phi) is 5.10. The van der Waals surface area contributed by atoms with Gasteiger partial charge in [-0.25, -0.2) is 0 Å². The molecule has 0 bridgehead atoms. The number of nitrogens with zero attached hydrogens (tertiary/aromatic N) is 1. The molecule has 6 heteroatoms. The molecule has 0 fully saturated rings. The zero-order valence-corrected chi connectivity index (χ0v) is 12.9. The van der Waals surface area contributed by atoms with Crippen molar-refractivity contribution in [2.45, 2.75) is 13.0 Å². The van der Waals surface area contributed by atoms with Gasteiger partial charge in [-0.15, -0.1) is 0 Å². The molecule has 3 N–H and O–H groups in total. The van der Waals surface area contributed by atoms with Crippen LogP contribution in [0.1, 0.15) is 12.5 Å². The first-order valence-electron chi connectivity index (χ1n) is 5.40. The van der Waals surface area contributed by atoms with Crippen molar-refractivity contribution in [2.75, 3.05) is 19.4 Å². The molecule has 1 rings (SSSR count). The largest absolute Gasteiger partial charge is 0.389 e. The van der Waals surface area contributed by atoms with Crippen LogP contribution < -0.4 is 11.1 Å². The Morgan fingerprint density at radius 1 is 1.50 bits per heavy atom. The van der Waals surface area contributed by atoms with Crippen LogP contribution in [0, 0.1) is 0 Å². The number of hydrogen-bond donors (Lipinski definition) is 2. The maximum absolute atomic E-state index is 11.8. The smallest absolute Gasteiger partial charge is 0.244 e. The average molecular weight is 330 g/mol. The molecule has 98 valence electrons. The van der Waals surface area contributed by atoms with Gasteiger partial charge in [0.2, 0.25) is 5.91 Å². The van der Waals surface area contributed by atoms with E-state index in [1.165, 1.54) is 4.90 Å². The zero-order valence-electron chi connectivity index (χ0n) is 10.5. The molecule has 0 spiro atoms. The van der Waals surface area contributed by atoms with Crippen molar-refractivity contribution in [3.05, 3.63) is 28.2 Å². The number of amides is 1. The summed E-state index contributed by atoms with van der Waals surface area (Å²) in [6.45, 7) is 1.80. The van der Waals surface area contributed by atoms with Crippen LogP contribution in [0.5, 0.6) is 0 Å². The van der Waals surface area contributed by atoms with E-state index in [1.54, 1.807) is 21.0 Å². The Balaban J connectivity index is 2.99. The molecule has 1 aromatic carbocycles. The number of thiocarbonyl (C=S) groups is 1. The highest BCUT2D eigenvalue weighted by Crippen LogP contribution is 2.22. The molecule has 0 aliphatic rings. The van der Waals surface area contributed by atoms with E-state index in [4.69, 9.17) is 18.0 Å². The third-order valence-electron chi connectivity index (χ3n) is 2.43. The van der Waals surface area contributed by atoms with Crippen LogP contribution in [-0.4, -0.2) is 35.9 Å². The van der Waals surface area contributed by atoms with E-state index in [2.05, 4.69) is 21.2 Å². The zero-order chi connectivity index (χ0) is 13.9. The Labute approximate surface area is 121 Å². The predicted molar refractivity (Wildman–Crippen MR) is 81.8 cm³/mol. The molecule has 1 atom stereocenters. The fourth-order valence-electron chi connectivity index (χ4n) is 1.53. The van der Waals surface area contributed by atoms with Crippen LogP contribution >= 0.6 is 28.1 Å². The summed E-state index contributed by atoms with van der Waals surface area (Å²) in [6, 6.07) is 5.19. The Morgan fingerprint density at radius 2 is 2.11 bits per heavy atom. The van der Waals surface area contributed by atoms with Gasteiger partial charge in [-0.3, -0.25) is 4.79 Å². The molecular weight excluding hydrogens is 314 g/mol. The fourth-order valence-corrected chi connectivity index (χ4v) is 2.07. The first kappa shape index (κ1) is 14.9. The van der Waals surface area contributed by atoms with Crippen molar-refractivity contribution in [1.29, 1.82) is 0 Å². The summed E-state index contributed by atoms with van der Waals surface area (Å²) < 4.78 is 0.898. The average Bonchev–Trinajstić information content (AvgIpc) is 2.27. The number of anilines is 1. The second-order valence-electron chi connectivity index (χ2n) is 4.15. The summed E-state index contributed by atoms with van der Waals surface area (Å²) in [5.74, 6) is -0.0103. The molecule has 1 aromatic rings. The van der Waals surface area contributed by atoms with Crippen LogP contribution in [0.2, 0.25) is 0 Å². The second kappa shape index (κ2) is 6.15. The number of benzene rings is 1. The van der Waals surface area contributed by atoms with Gasteiger partial charge >= 0.3 is 0 Å². The van der Waals surface area contributed by atoms with Crippen molar-refractivity contribution >= 4 is 44.7 Å². The van der Waals surface area contributed by atoms with E-state index in [-0.39, 0.29) is 11.9 Å². The molecule has 0 saturated heterocycles. The number of likely N-dealkylation sites (N-methyl/N-ethyl adjacent to an activating group) is 1. The summed E-state index contributed by atoms with van der Waals surface area (Å²) in [5.41, 5.74) is 7.14. The fraction of sp³-hybridized carbons (Fsp3) is 0.333. The lowest BCUT2D eigenvalue weighted by atomic mass is 10.1. The van der Waals surface area contributed by atoms with Gasteiger partial charge in [-0.2, -0.15) is 0 Å². The highest BCUT2D eigenvalue weighted by atomic mass is 79.9. The summed E-state index contributed by atoms with van der Waals surface area (Å²) in [5, 5.41) is 3.13. The van der Waals surface area contributed by atoms with E-state index in [9.17, 15) is 4.79 Å². The topological polar surface area (TPSA) is 58.4 Å². The van der Waals surface area contributed by atoms with Crippen LogP contribution in [-0.2, 0) is 4.79 Å². The molecule has 18 heavy (non-hydrogen) atoms. The van der Waals surface area contributed by atoms with Gasteiger partial charge in [0.15, 0.2) is 0 Å². The van der Waals surface area contributed by atoms with Crippen molar-refractivity contribution in [3.63, 3.8) is 0 Å². The van der Waals surface area contributed by atoms with E-state index >= 15 is 0 Å². The monoisotopic (exact) mass is 329 g/mol. The van der Waals surface area contributed by atoms with Crippen LogP contribution in [0.15, 0.2) is 22.7 Å². The summed E-state index contributed by atoms with van der Waals surface area (Å²) in [6.07, 6.45) is 0. The third kappa shape index (κ3) is 3.68. The van der Waals surface area contributed by atoms with Gasteiger partial charge < -0.3 is 16.0 Å². The quantitative estimate of drug-likeness (QED) is 0.829. The minimum atomic E-state index is -0.345. The number of carbonyl (C=O) groups excluding carboxylic acids is 1. The number of carbonyl (C=O) groups is 1. The van der Waals surface area contributed by atoms with Crippen molar-refractivity contribution in [3.8, 4) is 0 Å². The molecule has 4 nitrogen and oxygen atoms in total. The number of nitrogens with one attached hydrogen (secondary N) is 1. The molecular formula is C12H16BrN3OS. The highest BCUT2D eigenvalue weighted by Gasteiger charge is 2.16. The maximum Gasteiger partial charge on any atom is 0.244 e. The van der Waals surface area contributed by atoms with E-state index in [1.807, 2.05) is 18.2 Å². The van der Waals surface area contributed by atoms with Gasteiger partial charge in [0.1, 0.15) is 11.0 Å². The van der Waals surface area contributed by atoms with E-state index < -0.39 is 0 Å². The minimum Gasteiger partial charge on any atom is -0.389 e. The van der Waals surface area contributed by atoms with Crippen molar-refractivity contribution in [1.82, 2.24) is 4.90 Å². The number of halogens is 1. The molecule has 1 unspecified atom stereocenters. The van der Waals surface area contributed by atoms with Crippen molar-refractivity contribution in [2.24, 2.45) is 5.73 Å². The lowest BCUT2D eigenvalue weighted by Crippen LogP contribution is -2.37. The standard InChI is InChI=1S/C12H16BrN3OS/c1-7(12(17)16(2)3)15-10-6-8(13)4-5-9(10)11(14)18/h4-7,15H,1-3H3,(H2,14,18). The molecule has 0 aromatic heterocycles. The number of nitrogens with two attached hydrogens (primary N) is 1. The van der Waals surface area contributed by atoms with Crippen molar-refractivity contribution < 1.29 is 4.79 Å². The van der Waals surface area contributed by atoms with Gasteiger partial charge in [-0.05, 0) is 25.1 Å². The number of hydrogen-bond acceptors (Lipinski definition) is 3. The van der Waals surface area contributed by atoms with Gasteiger partial charge in [0.25, 0.3) is 0 Å². The van der Waals surface area contributed by atoms with Crippen LogP contribution in [0.25, 0.3) is 0 Å². The first-order valence-corrected chi connectivity index (χ1v) is 6.60. The summed E-state index contributed by atoms with van der Waals surface area (Å²) in [4.78, 5) is 13.6. The molecule has 0 saturated carbocycles. The Morgan fingerprint density at radius 3 is 2.61 bits per heavy atom. The normalized spacial score (nSPS) is 11.8. The molecule has 0 aliphatic heterocycles. The lowest BCUT2D eigenvalue weighted by molar-refractivity contribution is -0.129. The molecule has 0 heterocycles. The SMILES string of the molecule is CC(Nc1cc(Br)ccc1C(N)=S)C(=O)N(C)C. The predicted octanol–water partition coefficient (Wildman–Crippen LogP) is 1.97. The molecule has 1 amide bonds. The summed E-state index contributed by atoms with van der Waals surface area (Å²) in [7, 11) is 3.44. The van der Waals surface area contributed by atoms with Gasteiger partial charge in [-0.1, -0.05) is 28.1 Å². The lowest BCUT2D eigenvalue weighted by Gasteiger charge is -2.20. The van der Waals surface area contributed by atoms with Crippen LogP contribution in [0.4, 0.5) is 5.69 Å². The Hall–Kier alpha value is -1.14. The van der Waals surface area contributed by atoms with Gasteiger partial charge in [0, 0.05) is 29.8 Å². The third-order valence-corrected chi connectivity index (χ3v) is 3.14. The molecule has 0 aliphatic carbocycles. The first-order chi connectivity index (χ1) is 8.32. The number of rotatable bonds is 4. The maximum atomic E-state index is 11.8. The Bertz CT molecular complexity index is 476. The van der Waals surface area contributed by atoms with E-state index in [0.717, 1.165) is 15.7 Å². The van der Waals surface area contributed by atoms with Gasteiger partial charge in [0.05, 0.1) is 0 Å². The summed E-state index contributed by atoms with van der Waals surface area (Å²) >= 11 is 8.37. The highest BCUT2D eigenvalue weighted by molar-refractivity contribution is 9.10. The minimum absolute atomic E-state index is 0.0103. The van der Waals surface area contributed by atoms with E-state index in [0.29, 0.717) is 4.99 Å².